The van der Waals surface area contributed by atoms with Crippen molar-refractivity contribution in [3.8, 4) is 0 Å². The van der Waals surface area contributed by atoms with Crippen LogP contribution in [0.5, 0.6) is 0 Å². The molecule has 0 saturated carbocycles. The molecule has 8 nitrogen and oxygen atoms in total. The van der Waals surface area contributed by atoms with Crippen molar-refractivity contribution < 1.29 is 28.7 Å². The highest BCUT2D eigenvalue weighted by molar-refractivity contribution is 5.92. The van der Waals surface area contributed by atoms with E-state index in [1.54, 1.807) is 60.7 Å². The Balaban J connectivity index is 1.55. The van der Waals surface area contributed by atoms with Gasteiger partial charge in [-0.1, -0.05) is 36.4 Å². The molecule has 0 unspecified atom stereocenters. The summed E-state index contributed by atoms with van der Waals surface area (Å²) in [6.07, 6.45) is 0. The van der Waals surface area contributed by atoms with Crippen molar-refractivity contribution in [3.05, 3.63) is 71.8 Å². The fourth-order valence-electron chi connectivity index (χ4n) is 2.08. The number of rotatable bonds is 9. The summed E-state index contributed by atoms with van der Waals surface area (Å²) in [5.74, 6) is -2.17. The van der Waals surface area contributed by atoms with Gasteiger partial charge in [-0.2, -0.15) is 0 Å². The Kier molecular flexibility index (Phi) is 8.19. The fraction of sp³-hybridized carbons (Fsp3) is 0.200. The first-order valence-corrected chi connectivity index (χ1v) is 8.54. The van der Waals surface area contributed by atoms with Gasteiger partial charge in [0.05, 0.1) is 11.1 Å². The lowest BCUT2D eigenvalue weighted by Crippen LogP contribution is -2.38. The lowest BCUT2D eigenvalue weighted by molar-refractivity contribution is -0.125. The molecule has 2 aromatic rings. The quantitative estimate of drug-likeness (QED) is 0.492. The van der Waals surface area contributed by atoms with Gasteiger partial charge in [0, 0.05) is 13.1 Å². The smallest absolute Gasteiger partial charge is 0.338 e. The van der Waals surface area contributed by atoms with Crippen LogP contribution in [0.25, 0.3) is 0 Å². The van der Waals surface area contributed by atoms with Gasteiger partial charge in [0.25, 0.3) is 11.8 Å². The Hall–Kier alpha value is -3.68. The number of benzene rings is 2. The molecular formula is C20H20N2O6. The highest BCUT2D eigenvalue weighted by Gasteiger charge is 2.11. The van der Waals surface area contributed by atoms with E-state index in [9.17, 15) is 19.2 Å². The zero-order valence-corrected chi connectivity index (χ0v) is 15.1. The predicted molar refractivity (Wildman–Crippen MR) is 99.5 cm³/mol. The molecule has 2 amide bonds. The highest BCUT2D eigenvalue weighted by atomic mass is 16.5. The highest BCUT2D eigenvalue weighted by Crippen LogP contribution is 2.01. The number of amides is 2. The molecule has 2 aromatic carbocycles. The van der Waals surface area contributed by atoms with Gasteiger partial charge >= 0.3 is 11.9 Å². The first-order chi connectivity index (χ1) is 13.6. The second kappa shape index (κ2) is 11.1. The maximum absolute atomic E-state index is 11.7. The summed E-state index contributed by atoms with van der Waals surface area (Å²) < 4.78 is 9.76. The van der Waals surface area contributed by atoms with Crippen molar-refractivity contribution in [2.24, 2.45) is 0 Å². The van der Waals surface area contributed by atoms with Crippen LogP contribution < -0.4 is 10.6 Å². The van der Waals surface area contributed by atoms with Crippen LogP contribution in [-0.4, -0.2) is 50.1 Å². The molecule has 0 atom stereocenters. The largest absolute Gasteiger partial charge is 0.452 e. The number of carbonyl (C=O) groups excluding carboxylic acids is 4. The van der Waals surface area contributed by atoms with Crippen molar-refractivity contribution in [1.82, 2.24) is 10.6 Å². The average molecular weight is 384 g/mol. The number of hydrogen-bond donors (Lipinski definition) is 2. The summed E-state index contributed by atoms with van der Waals surface area (Å²) in [6, 6.07) is 16.6. The maximum atomic E-state index is 11.7. The van der Waals surface area contributed by atoms with Gasteiger partial charge in [-0.15, -0.1) is 0 Å². The van der Waals surface area contributed by atoms with E-state index in [4.69, 9.17) is 9.47 Å². The Labute approximate surface area is 161 Å². The van der Waals surface area contributed by atoms with Crippen LogP contribution in [0.2, 0.25) is 0 Å². The molecule has 28 heavy (non-hydrogen) atoms. The molecule has 2 N–H and O–H groups in total. The van der Waals surface area contributed by atoms with Crippen LogP contribution in [0.1, 0.15) is 20.7 Å². The van der Waals surface area contributed by atoms with Gasteiger partial charge in [-0.05, 0) is 24.3 Å². The van der Waals surface area contributed by atoms with Crippen molar-refractivity contribution in [1.29, 1.82) is 0 Å². The molecule has 8 heteroatoms. The summed E-state index contributed by atoms with van der Waals surface area (Å²) >= 11 is 0. The van der Waals surface area contributed by atoms with E-state index in [-0.39, 0.29) is 13.1 Å². The molecule has 0 aliphatic heterocycles. The summed E-state index contributed by atoms with van der Waals surface area (Å²) in [6.45, 7) is -0.563. The molecule has 0 bridgehead atoms. The standard InChI is InChI=1S/C20H20N2O6/c23-17(13-27-19(25)15-7-3-1-4-8-15)21-11-12-22-18(24)14-28-20(26)16-9-5-2-6-10-16/h1-10H,11-14H2,(H,21,23)(H,22,24). The average Bonchev–Trinajstić information content (AvgIpc) is 2.74. The van der Waals surface area contributed by atoms with E-state index in [1.165, 1.54) is 0 Å². The Morgan fingerprint density at radius 3 is 1.32 bits per heavy atom. The minimum atomic E-state index is -0.593. The van der Waals surface area contributed by atoms with E-state index in [0.717, 1.165) is 0 Å². The first-order valence-electron chi connectivity index (χ1n) is 8.54. The Morgan fingerprint density at radius 1 is 0.607 bits per heavy atom. The fourth-order valence-corrected chi connectivity index (χ4v) is 2.08. The van der Waals surface area contributed by atoms with Gasteiger partial charge in [-0.3, -0.25) is 9.59 Å². The lowest BCUT2D eigenvalue weighted by Gasteiger charge is -2.08. The Bertz CT molecular complexity index is 738. The van der Waals surface area contributed by atoms with Gasteiger partial charge < -0.3 is 20.1 Å². The number of nitrogens with one attached hydrogen (secondary N) is 2. The minimum absolute atomic E-state index is 0.139. The number of esters is 2. The van der Waals surface area contributed by atoms with Crippen LogP contribution in [0.4, 0.5) is 0 Å². The van der Waals surface area contributed by atoms with E-state index in [2.05, 4.69) is 10.6 Å². The maximum Gasteiger partial charge on any atom is 0.338 e. The zero-order chi connectivity index (χ0) is 20.2. The molecule has 0 aliphatic rings. The van der Waals surface area contributed by atoms with Crippen molar-refractivity contribution in [2.45, 2.75) is 0 Å². The van der Waals surface area contributed by atoms with Gasteiger partial charge in [0.15, 0.2) is 13.2 Å². The van der Waals surface area contributed by atoms with Crippen LogP contribution in [-0.2, 0) is 19.1 Å². The van der Waals surface area contributed by atoms with E-state index >= 15 is 0 Å². The summed E-state index contributed by atoms with van der Waals surface area (Å²) in [7, 11) is 0. The third-order valence-electron chi connectivity index (χ3n) is 3.46. The predicted octanol–water partition coefficient (Wildman–Crippen LogP) is 0.933. The third-order valence-corrected chi connectivity index (χ3v) is 3.46. The Morgan fingerprint density at radius 2 is 0.964 bits per heavy atom. The second-order valence-electron chi connectivity index (χ2n) is 5.58. The number of hydrogen-bond acceptors (Lipinski definition) is 6. The molecule has 0 heterocycles. The van der Waals surface area contributed by atoms with Gasteiger partial charge in [0.2, 0.25) is 0 Å². The lowest BCUT2D eigenvalue weighted by atomic mass is 10.2. The van der Waals surface area contributed by atoms with Crippen molar-refractivity contribution in [3.63, 3.8) is 0 Å². The van der Waals surface area contributed by atoms with Crippen molar-refractivity contribution in [2.75, 3.05) is 26.3 Å². The van der Waals surface area contributed by atoms with Crippen molar-refractivity contribution >= 4 is 23.8 Å². The normalized spacial score (nSPS) is 9.86. The zero-order valence-electron chi connectivity index (χ0n) is 15.1. The minimum Gasteiger partial charge on any atom is -0.452 e. The first kappa shape index (κ1) is 20.6. The summed E-state index contributed by atoms with van der Waals surface area (Å²) in [5.41, 5.74) is 0.709. The van der Waals surface area contributed by atoms with Gasteiger partial charge in [-0.25, -0.2) is 9.59 Å². The summed E-state index contributed by atoms with van der Waals surface area (Å²) in [5, 5.41) is 4.99. The monoisotopic (exact) mass is 384 g/mol. The topological polar surface area (TPSA) is 111 Å². The van der Waals surface area contributed by atoms with Gasteiger partial charge in [0.1, 0.15) is 0 Å². The molecule has 0 radical (unpaired) electrons. The molecule has 0 spiro atoms. The molecule has 0 aromatic heterocycles. The van der Waals surface area contributed by atoms with E-state index in [1.807, 2.05) is 0 Å². The molecule has 0 aliphatic carbocycles. The SMILES string of the molecule is O=C(COC(=O)c1ccccc1)NCCNC(=O)COC(=O)c1ccccc1. The van der Waals surface area contributed by atoms with Crippen LogP contribution >= 0.6 is 0 Å². The molecular weight excluding hydrogens is 364 g/mol. The number of carbonyl (C=O) groups is 4. The molecule has 0 fully saturated rings. The van der Waals surface area contributed by atoms with E-state index in [0.29, 0.717) is 11.1 Å². The third kappa shape index (κ3) is 7.28. The van der Waals surface area contributed by atoms with Crippen LogP contribution in [0.15, 0.2) is 60.7 Å². The van der Waals surface area contributed by atoms with Crippen LogP contribution in [0, 0.1) is 0 Å². The summed E-state index contributed by atoms with van der Waals surface area (Å²) in [4.78, 5) is 46.6. The molecule has 2 rings (SSSR count). The van der Waals surface area contributed by atoms with E-state index < -0.39 is 37.0 Å². The van der Waals surface area contributed by atoms with Crippen LogP contribution in [0.3, 0.4) is 0 Å². The molecule has 0 saturated heterocycles. The second-order valence-corrected chi connectivity index (χ2v) is 5.58. The molecule has 146 valence electrons. The number of ether oxygens (including phenoxy) is 2.